The van der Waals surface area contributed by atoms with E-state index in [2.05, 4.69) is 33.9 Å². The second kappa shape index (κ2) is 4.76. The number of benzene rings is 1. The van der Waals surface area contributed by atoms with Crippen LogP contribution in [0.15, 0.2) is 18.2 Å². The average molecular weight is 267 g/mol. The van der Waals surface area contributed by atoms with Gasteiger partial charge < -0.3 is 9.84 Å². The van der Waals surface area contributed by atoms with E-state index in [0.29, 0.717) is 5.75 Å². The minimum Gasteiger partial charge on any atom is -0.496 e. The van der Waals surface area contributed by atoms with Gasteiger partial charge in [-0.05, 0) is 16.3 Å². The summed E-state index contributed by atoms with van der Waals surface area (Å²) in [7, 11) is -0.475. The number of para-hydroxylation sites is 1. The highest BCUT2D eigenvalue weighted by Gasteiger charge is 2.39. The normalized spacial score (nSPS) is 13.1. The molecule has 4 heteroatoms. The zero-order chi connectivity index (χ0) is 15.0. The third kappa shape index (κ3) is 2.43. The van der Waals surface area contributed by atoms with Crippen LogP contribution in [0.4, 0.5) is 0 Å². The van der Waals surface area contributed by atoms with E-state index in [0.717, 1.165) is 5.19 Å². The molecule has 1 aromatic carbocycles. The van der Waals surface area contributed by atoms with Crippen LogP contribution >= 0.6 is 0 Å². The number of carbonyl (C=O) groups is 1. The first-order valence-electron chi connectivity index (χ1n) is 6.44. The van der Waals surface area contributed by atoms with Gasteiger partial charge in [-0.25, -0.2) is 4.79 Å². The standard InChI is InChI=1S/C14H22O3Si/c1-14(2,3)18(5,6)11-9-7-8-10(13(15)16)12(11)17-4/h7-9H,1-6H3,(H,15,16)/i7D. The zero-order valence-electron chi connectivity index (χ0n) is 12.9. The number of carboxylic acid groups (broad SMARTS) is 1. The summed E-state index contributed by atoms with van der Waals surface area (Å²) >= 11 is 0. The Labute approximate surface area is 111 Å². The first-order valence-corrected chi connectivity index (χ1v) is 8.94. The lowest BCUT2D eigenvalue weighted by Gasteiger charge is -2.38. The van der Waals surface area contributed by atoms with E-state index in [1.54, 1.807) is 6.07 Å². The van der Waals surface area contributed by atoms with Crippen molar-refractivity contribution in [2.24, 2.45) is 0 Å². The molecule has 1 N–H and O–H groups in total. The van der Waals surface area contributed by atoms with Crippen molar-refractivity contribution in [2.75, 3.05) is 7.11 Å². The SMILES string of the molecule is [2H]c1cc(C(=O)O)c(OC)c([Si](C)(C)C(C)(C)C)c1. The van der Waals surface area contributed by atoms with Crippen LogP contribution in [0.3, 0.4) is 0 Å². The first kappa shape index (κ1) is 13.1. The van der Waals surface area contributed by atoms with Crippen molar-refractivity contribution in [1.29, 1.82) is 0 Å². The maximum absolute atomic E-state index is 11.3. The fourth-order valence-corrected chi connectivity index (χ4v) is 3.79. The maximum atomic E-state index is 11.3. The van der Waals surface area contributed by atoms with Crippen molar-refractivity contribution in [3.8, 4) is 5.75 Å². The van der Waals surface area contributed by atoms with Gasteiger partial charge in [0.05, 0.1) is 16.6 Å². The first-order chi connectivity index (χ1) is 8.52. The molecule has 0 aromatic heterocycles. The third-order valence-corrected chi connectivity index (χ3v) is 9.40. The van der Waals surface area contributed by atoms with Crippen LogP contribution in [0.5, 0.6) is 5.75 Å². The van der Waals surface area contributed by atoms with E-state index in [1.807, 2.05) is 0 Å². The van der Waals surface area contributed by atoms with Crippen molar-refractivity contribution < 1.29 is 16.0 Å². The van der Waals surface area contributed by atoms with Gasteiger partial charge in [-0.15, -0.1) is 0 Å². The molecular weight excluding hydrogens is 244 g/mol. The molecule has 0 aliphatic carbocycles. The molecule has 18 heavy (non-hydrogen) atoms. The van der Waals surface area contributed by atoms with Gasteiger partial charge in [-0.3, -0.25) is 0 Å². The lowest BCUT2D eigenvalue weighted by Crippen LogP contribution is -2.50. The average Bonchev–Trinajstić information content (AvgIpc) is 2.26. The number of ether oxygens (including phenoxy) is 1. The summed E-state index contributed by atoms with van der Waals surface area (Å²) in [5.41, 5.74) is 0.0785. The highest BCUT2D eigenvalue weighted by Crippen LogP contribution is 2.37. The van der Waals surface area contributed by atoms with Gasteiger partial charge in [-0.2, -0.15) is 0 Å². The lowest BCUT2D eigenvalue weighted by atomic mass is 10.2. The van der Waals surface area contributed by atoms with Crippen LogP contribution in [0, 0.1) is 0 Å². The number of rotatable bonds is 3. The lowest BCUT2D eigenvalue weighted by molar-refractivity contribution is 0.0693. The molecule has 0 spiro atoms. The Morgan fingerprint density at radius 2 is 1.94 bits per heavy atom. The Morgan fingerprint density at radius 3 is 2.33 bits per heavy atom. The Balaban J connectivity index is 3.64. The highest BCUT2D eigenvalue weighted by molar-refractivity contribution is 6.92. The fraction of sp³-hybridized carbons (Fsp3) is 0.500. The predicted molar refractivity (Wildman–Crippen MR) is 76.8 cm³/mol. The van der Waals surface area contributed by atoms with Gasteiger partial charge in [0, 0.05) is 0 Å². The molecule has 0 saturated heterocycles. The highest BCUT2D eigenvalue weighted by atomic mass is 28.3. The summed E-state index contributed by atoms with van der Waals surface area (Å²) in [5, 5.41) is 10.2. The summed E-state index contributed by atoms with van der Waals surface area (Å²) < 4.78 is 13.2. The molecule has 0 bridgehead atoms. The fourth-order valence-electron chi connectivity index (χ4n) is 1.73. The minimum atomic E-state index is -1.96. The quantitative estimate of drug-likeness (QED) is 0.856. The molecule has 0 unspecified atom stereocenters. The summed E-state index contributed by atoms with van der Waals surface area (Å²) in [6, 6.07) is 3.32. The van der Waals surface area contributed by atoms with Crippen molar-refractivity contribution in [3.63, 3.8) is 0 Å². The van der Waals surface area contributed by atoms with Gasteiger partial charge in [0.1, 0.15) is 11.3 Å². The second-order valence-electron chi connectivity index (χ2n) is 6.00. The Bertz CT molecular complexity index is 504. The smallest absolute Gasteiger partial charge is 0.339 e. The summed E-state index contributed by atoms with van der Waals surface area (Å²) in [5.74, 6) is -0.638. The van der Waals surface area contributed by atoms with E-state index in [1.165, 1.54) is 13.2 Å². The molecule has 0 atom stereocenters. The van der Waals surface area contributed by atoms with Crippen molar-refractivity contribution in [1.82, 2.24) is 0 Å². The summed E-state index contributed by atoms with van der Waals surface area (Å²) in [6.07, 6.45) is 0. The number of methoxy groups -OCH3 is 1. The van der Waals surface area contributed by atoms with Crippen molar-refractivity contribution in [2.45, 2.75) is 38.9 Å². The summed E-state index contributed by atoms with van der Waals surface area (Å²) in [6.45, 7) is 10.8. The van der Waals surface area contributed by atoms with E-state index in [4.69, 9.17) is 6.11 Å². The number of carboxylic acids is 1. The van der Waals surface area contributed by atoms with E-state index < -0.39 is 14.0 Å². The van der Waals surface area contributed by atoms with E-state index >= 15 is 0 Å². The van der Waals surface area contributed by atoms with Gasteiger partial charge in [-0.1, -0.05) is 46.0 Å². The second-order valence-corrected chi connectivity index (χ2v) is 11.3. The molecule has 0 heterocycles. The molecule has 1 rings (SSSR count). The molecular formula is C14H22O3Si. The third-order valence-electron chi connectivity index (χ3n) is 3.93. The molecule has 0 aliphatic heterocycles. The van der Waals surface area contributed by atoms with Crippen LogP contribution in [-0.2, 0) is 0 Å². The molecule has 3 nitrogen and oxygen atoms in total. The maximum Gasteiger partial charge on any atom is 0.339 e. The minimum absolute atomic E-state index is 0.0455. The van der Waals surface area contributed by atoms with Crippen LogP contribution in [-0.4, -0.2) is 26.3 Å². The number of hydrogen-bond donors (Lipinski definition) is 1. The molecule has 100 valence electrons. The molecule has 1 aromatic rings. The van der Waals surface area contributed by atoms with Crippen LogP contribution in [0.1, 0.15) is 32.5 Å². The Kier molecular flexibility index (Phi) is 3.48. The molecule has 0 fully saturated rings. The monoisotopic (exact) mass is 267 g/mol. The van der Waals surface area contributed by atoms with Gasteiger partial charge in [0.2, 0.25) is 0 Å². The number of aromatic carboxylic acids is 1. The van der Waals surface area contributed by atoms with E-state index in [9.17, 15) is 9.90 Å². The molecule has 0 amide bonds. The van der Waals surface area contributed by atoms with Crippen molar-refractivity contribution >= 4 is 19.2 Å². The summed E-state index contributed by atoms with van der Waals surface area (Å²) in [4.78, 5) is 11.3. The van der Waals surface area contributed by atoms with E-state index in [-0.39, 0.29) is 16.6 Å². The zero-order valence-corrected chi connectivity index (χ0v) is 12.9. The number of hydrogen-bond acceptors (Lipinski definition) is 2. The molecule has 0 saturated carbocycles. The van der Waals surface area contributed by atoms with Crippen LogP contribution < -0.4 is 9.92 Å². The largest absolute Gasteiger partial charge is 0.496 e. The van der Waals surface area contributed by atoms with Gasteiger partial charge >= 0.3 is 5.97 Å². The Hall–Kier alpha value is -1.29. The van der Waals surface area contributed by atoms with Crippen LogP contribution in [0.2, 0.25) is 18.1 Å². The van der Waals surface area contributed by atoms with Crippen molar-refractivity contribution in [3.05, 3.63) is 23.7 Å². The van der Waals surface area contributed by atoms with Gasteiger partial charge in [0.25, 0.3) is 0 Å². The van der Waals surface area contributed by atoms with Crippen LogP contribution in [0.25, 0.3) is 0 Å². The van der Waals surface area contributed by atoms with Gasteiger partial charge in [0.15, 0.2) is 0 Å². The Morgan fingerprint density at radius 1 is 1.39 bits per heavy atom. The molecule has 0 radical (unpaired) electrons. The topological polar surface area (TPSA) is 46.5 Å². The predicted octanol–water partition coefficient (Wildman–Crippen LogP) is 3.11. The molecule has 0 aliphatic rings.